The molecule has 1 N–H and O–H groups in total. The SMILES string of the molecule is O=c1cc[nH]c(=O)n1CCCN1CCN(c2ccccc2OCC(F)(F)F)CC1. The fourth-order valence-corrected chi connectivity index (χ4v) is 3.33. The van der Waals surface area contributed by atoms with Crippen molar-refractivity contribution in [3.8, 4) is 5.75 Å². The number of anilines is 1. The molecule has 1 aliphatic rings. The number of aromatic amines is 1. The highest BCUT2D eigenvalue weighted by molar-refractivity contribution is 5.58. The van der Waals surface area contributed by atoms with Gasteiger partial charge in [-0.1, -0.05) is 12.1 Å². The predicted octanol–water partition coefficient (Wildman–Crippen LogP) is 1.69. The van der Waals surface area contributed by atoms with Crippen molar-refractivity contribution in [1.29, 1.82) is 0 Å². The van der Waals surface area contributed by atoms with Crippen molar-refractivity contribution in [1.82, 2.24) is 14.5 Å². The second-order valence-electron chi connectivity index (χ2n) is 6.83. The molecule has 10 heteroatoms. The second-order valence-corrected chi connectivity index (χ2v) is 6.83. The van der Waals surface area contributed by atoms with Crippen LogP contribution in [0.2, 0.25) is 0 Å². The number of hydrogen-bond donors (Lipinski definition) is 1. The van der Waals surface area contributed by atoms with E-state index in [1.807, 2.05) is 4.90 Å². The minimum atomic E-state index is -4.38. The van der Waals surface area contributed by atoms with E-state index in [1.54, 1.807) is 24.3 Å². The number of benzene rings is 1. The molecule has 1 aromatic heterocycles. The molecule has 2 aromatic rings. The highest BCUT2D eigenvalue weighted by atomic mass is 19.4. The molecule has 0 spiro atoms. The van der Waals surface area contributed by atoms with Gasteiger partial charge in [0.1, 0.15) is 5.75 Å². The van der Waals surface area contributed by atoms with Gasteiger partial charge in [-0.3, -0.25) is 14.3 Å². The van der Waals surface area contributed by atoms with E-state index in [9.17, 15) is 22.8 Å². The number of nitrogens with one attached hydrogen (secondary N) is 1. The van der Waals surface area contributed by atoms with Crippen LogP contribution in [0.4, 0.5) is 18.9 Å². The molecule has 7 nitrogen and oxygen atoms in total. The van der Waals surface area contributed by atoms with Crippen LogP contribution in [0.5, 0.6) is 5.75 Å². The predicted molar refractivity (Wildman–Crippen MR) is 103 cm³/mol. The maximum Gasteiger partial charge on any atom is 0.422 e. The molecule has 1 aromatic carbocycles. The largest absolute Gasteiger partial charge is 0.482 e. The number of alkyl halides is 3. The summed E-state index contributed by atoms with van der Waals surface area (Å²) in [5, 5.41) is 0. The van der Waals surface area contributed by atoms with Crippen LogP contribution in [-0.4, -0.2) is 60.0 Å². The number of halogens is 3. The summed E-state index contributed by atoms with van der Waals surface area (Å²) in [7, 11) is 0. The molecule has 3 rings (SSSR count). The van der Waals surface area contributed by atoms with Crippen LogP contribution in [-0.2, 0) is 6.54 Å². The van der Waals surface area contributed by atoms with E-state index >= 15 is 0 Å². The van der Waals surface area contributed by atoms with Crippen molar-refractivity contribution in [2.45, 2.75) is 19.1 Å². The van der Waals surface area contributed by atoms with Crippen molar-refractivity contribution in [3.63, 3.8) is 0 Å². The summed E-state index contributed by atoms with van der Waals surface area (Å²) in [5.74, 6) is 0.223. The van der Waals surface area contributed by atoms with E-state index in [2.05, 4.69) is 9.88 Å². The summed E-state index contributed by atoms with van der Waals surface area (Å²) in [5.41, 5.74) is -0.0920. The van der Waals surface area contributed by atoms with E-state index in [0.29, 0.717) is 31.7 Å². The smallest absolute Gasteiger partial charge is 0.422 e. The maximum atomic E-state index is 12.5. The zero-order valence-corrected chi connectivity index (χ0v) is 15.8. The van der Waals surface area contributed by atoms with Crippen molar-refractivity contribution in [2.75, 3.05) is 44.2 Å². The Kier molecular flexibility index (Phi) is 6.63. The van der Waals surface area contributed by atoms with Gasteiger partial charge in [-0.2, -0.15) is 13.2 Å². The molecule has 0 bridgehead atoms. The molecule has 0 aliphatic carbocycles. The summed E-state index contributed by atoms with van der Waals surface area (Å²) in [4.78, 5) is 30.1. The van der Waals surface area contributed by atoms with Crippen LogP contribution in [0.1, 0.15) is 6.42 Å². The Morgan fingerprint density at radius 2 is 1.72 bits per heavy atom. The molecule has 0 saturated carbocycles. The van der Waals surface area contributed by atoms with Crippen molar-refractivity contribution in [2.24, 2.45) is 0 Å². The normalized spacial score (nSPS) is 15.5. The van der Waals surface area contributed by atoms with Gasteiger partial charge >= 0.3 is 11.9 Å². The number of H-pyrrole nitrogens is 1. The number of para-hydroxylation sites is 2. The second kappa shape index (κ2) is 9.17. The molecule has 0 atom stereocenters. The lowest BCUT2D eigenvalue weighted by Crippen LogP contribution is -2.47. The number of hydrogen-bond acceptors (Lipinski definition) is 5. The fraction of sp³-hybridized carbons (Fsp3) is 0.474. The molecular formula is C19H23F3N4O3. The first-order chi connectivity index (χ1) is 13.8. The third-order valence-corrected chi connectivity index (χ3v) is 4.77. The first-order valence-electron chi connectivity index (χ1n) is 9.38. The van der Waals surface area contributed by atoms with Gasteiger partial charge in [0.15, 0.2) is 6.61 Å². The van der Waals surface area contributed by atoms with Crippen LogP contribution in [0.15, 0.2) is 46.1 Å². The van der Waals surface area contributed by atoms with Gasteiger partial charge in [0.2, 0.25) is 0 Å². The Balaban J connectivity index is 1.51. The van der Waals surface area contributed by atoms with Gasteiger partial charge in [0, 0.05) is 45.0 Å². The van der Waals surface area contributed by atoms with E-state index in [0.717, 1.165) is 19.6 Å². The third kappa shape index (κ3) is 5.86. The molecule has 0 amide bonds. The first-order valence-corrected chi connectivity index (χ1v) is 9.38. The molecule has 2 heterocycles. The van der Waals surface area contributed by atoms with Crippen LogP contribution < -0.4 is 20.9 Å². The molecule has 1 fully saturated rings. The van der Waals surface area contributed by atoms with Gasteiger partial charge in [-0.15, -0.1) is 0 Å². The van der Waals surface area contributed by atoms with Crippen LogP contribution in [0.3, 0.4) is 0 Å². The van der Waals surface area contributed by atoms with Crippen molar-refractivity contribution in [3.05, 3.63) is 57.4 Å². The van der Waals surface area contributed by atoms with Crippen molar-refractivity contribution >= 4 is 5.69 Å². The summed E-state index contributed by atoms with van der Waals surface area (Å²) in [6, 6.07) is 8.05. The van der Waals surface area contributed by atoms with Gasteiger partial charge in [0.25, 0.3) is 5.56 Å². The Morgan fingerprint density at radius 1 is 1.00 bits per heavy atom. The van der Waals surface area contributed by atoms with Crippen LogP contribution >= 0.6 is 0 Å². The van der Waals surface area contributed by atoms with Crippen LogP contribution in [0, 0.1) is 0 Å². The molecule has 29 heavy (non-hydrogen) atoms. The van der Waals surface area contributed by atoms with E-state index in [1.165, 1.54) is 16.8 Å². The standard InChI is InChI=1S/C19H23F3N4O3/c20-19(21,22)14-29-16-5-2-1-4-15(16)25-12-10-24(11-13-25)8-3-9-26-17(27)6-7-23-18(26)28/h1-2,4-7H,3,8-14H2,(H,23,28). The number of aromatic nitrogens is 2. The molecule has 158 valence electrons. The van der Waals surface area contributed by atoms with E-state index < -0.39 is 18.5 Å². The molecule has 0 radical (unpaired) electrons. The zero-order chi connectivity index (χ0) is 20.9. The number of piperazine rings is 1. The molecule has 1 saturated heterocycles. The minimum Gasteiger partial charge on any atom is -0.482 e. The molecular weight excluding hydrogens is 389 g/mol. The highest BCUT2D eigenvalue weighted by Crippen LogP contribution is 2.30. The Hall–Kier alpha value is -2.75. The quantitative estimate of drug-likeness (QED) is 0.750. The number of ether oxygens (including phenoxy) is 1. The average molecular weight is 412 g/mol. The van der Waals surface area contributed by atoms with E-state index in [4.69, 9.17) is 4.74 Å². The number of nitrogens with zero attached hydrogens (tertiary/aromatic N) is 3. The monoisotopic (exact) mass is 412 g/mol. The zero-order valence-electron chi connectivity index (χ0n) is 15.8. The summed E-state index contributed by atoms with van der Waals surface area (Å²) >= 11 is 0. The molecule has 1 aliphatic heterocycles. The molecule has 0 unspecified atom stereocenters. The van der Waals surface area contributed by atoms with Gasteiger partial charge < -0.3 is 14.6 Å². The topological polar surface area (TPSA) is 70.6 Å². The summed E-state index contributed by atoms with van der Waals surface area (Å²) in [6.45, 7) is 2.50. The average Bonchev–Trinajstić information content (AvgIpc) is 2.69. The van der Waals surface area contributed by atoms with Gasteiger partial charge in [0.05, 0.1) is 5.69 Å². The Bertz CT molecular complexity index is 889. The lowest BCUT2D eigenvalue weighted by molar-refractivity contribution is -0.153. The third-order valence-electron chi connectivity index (χ3n) is 4.77. The van der Waals surface area contributed by atoms with Gasteiger partial charge in [-0.25, -0.2) is 4.79 Å². The Morgan fingerprint density at radius 3 is 2.41 bits per heavy atom. The lowest BCUT2D eigenvalue weighted by Gasteiger charge is -2.36. The first kappa shape index (κ1) is 21.0. The van der Waals surface area contributed by atoms with Gasteiger partial charge in [-0.05, 0) is 25.1 Å². The maximum absolute atomic E-state index is 12.5. The summed E-state index contributed by atoms with van der Waals surface area (Å²) in [6.07, 6.45) is -2.40. The fourth-order valence-electron chi connectivity index (χ4n) is 3.33. The van der Waals surface area contributed by atoms with E-state index in [-0.39, 0.29) is 11.3 Å². The Labute approximate surface area is 165 Å². The highest BCUT2D eigenvalue weighted by Gasteiger charge is 2.29. The van der Waals surface area contributed by atoms with Crippen molar-refractivity contribution < 1.29 is 17.9 Å². The number of rotatable bonds is 7. The minimum absolute atomic E-state index is 0.223. The van der Waals surface area contributed by atoms with Crippen LogP contribution in [0.25, 0.3) is 0 Å². The summed E-state index contributed by atoms with van der Waals surface area (Å²) < 4.78 is 43.6. The lowest BCUT2D eigenvalue weighted by atomic mass is 10.2.